The summed E-state index contributed by atoms with van der Waals surface area (Å²) in [6.45, 7) is 4.66. The van der Waals surface area contributed by atoms with Gasteiger partial charge in [0.1, 0.15) is 0 Å². The fourth-order valence-corrected chi connectivity index (χ4v) is 2.99. The first kappa shape index (κ1) is 16.8. The van der Waals surface area contributed by atoms with Crippen LogP contribution in [0.3, 0.4) is 0 Å². The summed E-state index contributed by atoms with van der Waals surface area (Å²) in [7, 11) is 0. The van der Waals surface area contributed by atoms with Gasteiger partial charge in [-0.05, 0) is 0 Å². The van der Waals surface area contributed by atoms with Gasteiger partial charge in [-0.3, -0.25) is 0 Å². The Bertz CT molecular complexity index is 637. The van der Waals surface area contributed by atoms with Gasteiger partial charge < -0.3 is 6.42 Å². The van der Waals surface area contributed by atoms with Gasteiger partial charge in [-0.2, -0.15) is 12.8 Å². The Morgan fingerprint density at radius 3 is 1.57 bits per heavy atom. The van der Waals surface area contributed by atoms with Crippen LogP contribution in [0.2, 0.25) is 0 Å². The van der Waals surface area contributed by atoms with E-state index >= 15 is 0 Å². The summed E-state index contributed by atoms with van der Waals surface area (Å²) < 4.78 is 0. The van der Waals surface area contributed by atoms with Crippen molar-refractivity contribution in [3.8, 4) is 0 Å². The van der Waals surface area contributed by atoms with E-state index in [0.29, 0.717) is 0 Å². The van der Waals surface area contributed by atoms with Crippen LogP contribution in [-0.2, 0) is 32.7 Å². The van der Waals surface area contributed by atoms with E-state index in [0.717, 1.165) is 11.8 Å². The predicted octanol–water partition coefficient (Wildman–Crippen LogP) is 5.97. The van der Waals surface area contributed by atoms with Crippen LogP contribution in [0, 0.1) is 18.3 Å². The van der Waals surface area contributed by atoms with E-state index < -0.39 is 0 Å². The van der Waals surface area contributed by atoms with Crippen LogP contribution in [0.4, 0.5) is 0 Å². The summed E-state index contributed by atoms with van der Waals surface area (Å²) in [5.74, 6) is 1.92. The molecule has 1 fully saturated rings. The normalized spacial score (nSPS) is 20.9. The van der Waals surface area contributed by atoms with Gasteiger partial charge in [0.2, 0.25) is 0 Å². The third-order valence-corrected chi connectivity index (χ3v) is 4.57. The maximum Gasteiger partial charge on any atom is 0 e. The van der Waals surface area contributed by atoms with Crippen LogP contribution in [-0.4, -0.2) is 0 Å². The van der Waals surface area contributed by atoms with Gasteiger partial charge in [-0.15, -0.1) is 39.7 Å². The molecule has 0 heterocycles. The molecule has 107 valence electrons. The first-order valence-corrected chi connectivity index (χ1v) is 7.60. The summed E-state index contributed by atoms with van der Waals surface area (Å²) in [5, 5.41) is 5.39. The number of benzene rings is 2. The quantitative estimate of drug-likeness (QED) is 0.438. The zero-order valence-corrected chi connectivity index (χ0v) is 15.8. The van der Waals surface area contributed by atoms with E-state index in [2.05, 4.69) is 74.9 Å². The van der Waals surface area contributed by atoms with Crippen molar-refractivity contribution in [1.82, 2.24) is 0 Å². The molecule has 1 radical (unpaired) electrons. The van der Waals surface area contributed by atoms with Crippen LogP contribution < -0.4 is 0 Å². The molecule has 0 saturated heterocycles. The zero-order valence-electron chi connectivity index (χ0n) is 12.9. The summed E-state index contributed by atoms with van der Waals surface area (Å²) in [5.41, 5.74) is 0. The average Bonchev–Trinajstić information content (AvgIpc) is 3.03. The van der Waals surface area contributed by atoms with Crippen molar-refractivity contribution in [1.29, 1.82) is 0 Å². The Labute approximate surface area is 153 Å². The van der Waals surface area contributed by atoms with Crippen molar-refractivity contribution >= 4 is 21.5 Å². The van der Waals surface area contributed by atoms with Crippen molar-refractivity contribution in [2.24, 2.45) is 11.8 Å². The van der Waals surface area contributed by atoms with E-state index in [4.69, 9.17) is 0 Å². The van der Waals surface area contributed by atoms with Gasteiger partial charge in [-0.1, -0.05) is 62.1 Å². The summed E-state index contributed by atoms with van der Waals surface area (Å²) in [6, 6.07) is 19.3. The average molecular weight is 351 g/mol. The molecule has 3 aromatic carbocycles. The molecule has 2 atom stereocenters. The second-order valence-corrected chi connectivity index (χ2v) is 6.03. The van der Waals surface area contributed by atoms with Gasteiger partial charge in [0.25, 0.3) is 0 Å². The van der Waals surface area contributed by atoms with E-state index in [1.54, 1.807) is 0 Å². The van der Waals surface area contributed by atoms with Crippen LogP contribution in [0.25, 0.3) is 21.5 Å². The van der Waals surface area contributed by atoms with Crippen molar-refractivity contribution in [2.75, 3.05) is 0 Å². The Morgan fingerprint density at radius 1 is 0.762 bits per heavy atom. The molecule has 0 aromatic heterocycles. The van der Waals surface area contributed by atoms with Gasteiger partial charge in [0.05, 0.1) is 0 Å². The molecule has 3 aromatic rings. The zero-order chi connectivity index (χ0) is 13.9. The van der Waals surface area contributed by atoms with Crippen molar-refractivity contribution in [3.63, 3.8) is 0 Å². The summed E-state index contributed by atoms with van der Waals surface area (Å²) in [4.78, 5) is 0. The maximum atomic E-state index is 2.40. The van der Waals surface area contributed by atoms with E-state index in [-0.39, 0.29) is 32.7 Å². The summed E-state index contributed by atoms with van der Waals surface area (Å²) >= 11 is 0. The maximum absolute atomic E-state index is 2.40. The van der Waals surface area contributed by atoms with Crippen LogP contribution >= 0.6 is 0 Å². The Morgan fingerprint density at radius 2 is 1.19 bits per heavy atom. The van der Waals surface area contributed by atoms with E-state index in [9.17, 15) is 0 Å². The Kier molecular flexibility index (Phi) is 6.08. The topological polar surface area (TPSA) is 0 Å². The smallest absolute Gasteiger partial charge is 0 e. The van der Waals surface area contributed by atoms with Crippen LogP contribution in [0.5, 0.6) is 0 Å². The molecule has 1 saturated carbocycles. The first-order chi connectivity index (χ1) is 9.75. The fourth-order valence-electron chi connectivity index (χ4n) is 2.99. The van der Waals surface area contributed by atoms with E-state index in [1.807, 2.05) is 0 Å². The second-order valence-electron chi connectivity index (χ2n) is 6.03. The number of rotatable bonds is 0. The van der Waals surface area contributed by atoms with Gasteiger partial charge in [0, 0.05) is 32.7 Å². The number of hydrogen-bond acceptors (Lipinski definition) is 0. The molecule has 0 bridgehead atoms. The number of hydrogen-bond donors (Lipinski definition) is 0. The Hall–Kier alpha value is -0.586. The molecule has 1 aliphatic rings. The molecule has 4 rings (SSSR count). The minimum absolute atomic E-state index is 0. The standard InChI is InChI=1S/C13H9.C7H13.Y/c1-3-7-12-10(5-1)9-11-6-2-4-8-13(11)12;1-6-4-3-5-7(6)2;/h1-9H;3,6-7H,4-5H2,1-2H3;/q2*-1;/t;6-,7+;. The molecule has 1 aliphatic carbocycles. The molecule has 0 spiro atoms. The first-order valence-electron chi connectivity index (χ1n) is 7.60. The molecule has 1 heteroatoms. The molecule has 21 heavy (non-hydrogen) atoms. The minimum atomic E-state index is 0. The summed E-state index contributed by atoms with van der Waals surface area (Å²) in [6.07, 6.45) is 5.09. The van der Waals surface area contributed by atoms with Crippen molar-refractivity contribution < 1.29 is 32.7 Å². The van der Waals surface area contributed by atoms with Gasteiger partial charge in [-0.25, -0.2) is 0 Å². The molecule has 0 N–H and O–H groups in total. The third-order valence-electron chi connectivity index (χ3n) is 4.57. The van der Waals surface area contributed by atoms with Gasteiger partial charge >= 0.3 is 0 Å². The van der Waals surface area contributed by atoms with Crippen LogP contribution in [0.15, 0.2) is 54.6 Å². The monoisotopic (exact) mass is 351 g/mol. The van der Waals surface area contributed by atoms with Crippen molar-refractivity contribution in [2.45, 2.75) is 26.7 Å². The van der Waals surface area contributed by atoms with Crippen LogP contribution in [0.1, 0.15) is 26.7 Å². The fraction of sp³-hybridized carbons (Fsp3) is 0.300. The predicted molar refractivity (Wildman–Crippen MR) is 88.9 cm³/mol. The number of fused-ring (bicyclic) bond motifs is 3. The molecule has 0 amide bonds. The minimum Gasteiger partial charge on any atom is -0.328 e. The molecule has 0 aliphatic heterocycles. The molecule has 0 nitrogen and oxygen atoms in total. The largest absolute Gasteiger partial charge is 0.328 e. The SMILES string of the molecule is C[C@@H]1C[CH-]C[C@@H]1C.[Y].c1ccc2c(c1)[cH-]c1ccccc12. The van der Waals surface area contributed by atoms with Gasteiger partial charge in [0.15, 0.2) is 0 Å². The van der Waals surface area contributed by atoms with Crippen molar-refractivity contribution in [3.05, 3.63) is 61.0 Å². The van der Waals surface area contributed by atoms with E-state index in [1.165, 1.54) is 34.4 Å². The Balaban J connectivity index is 0.000000174. The molecular weight excluding hydrogens is 329 g/mol. The second kappa shape index (κ2) is 7.61. The third kappa shape index (κ3) is 3.79. The molecular formula is C20H22Y-2. The molecule has 0 unspecified atom stereocenters.